The van der Waals surface area contributed by atoms with E-state index >= 15 is 0 Å². The fraction of sp³-hybridized carbons (Fsp3) is 0.250. The Hall–Kier alpha value is -2.93. The molecule has 0 aliphatic carbocycles. The average molecular weight is 379 g/mol. The zero-order chi connectivity index (χ0) is 18.5. The van der Waals surface area contributed by atoms with Crippen LogP contribution in [-0.4, -0.2) is 42.1 Å². The number of benzene rings is 1. The van der Waals surface area contributed by atoms with Crippen molar-refractivity contribution in [3.63, 3.8) is 0 Å². The van der Waals surface area contributed by atoms with Crippen LogP contribution in [-0.2, 0) is 11.2 Å². The molecule has 1 aromatic carbocycles. The molecule has 1 saturated heterocycles. The predicted octanol–water partition coefficient (Wildman–Crippen LogP) is 3.05. The third-order valence-electron chi connectivity index (χ3n) is 4.56. The number of para-hydroxylation sites is 1. The Morgan fingerprint density at radius 1 is 1.00 bits per heavy atom. The molecule has 0 radical (unpaired) electrons. The van der Waals surface area contributed by atoms with Crippen LogP contribution in [0.3, 0.4) is 0 Å². The van der Waals surface area contributed by atoms with Crippen molar-refractivity contribution in [3.05, 3.63) is 65.1 Å². The van der Waals surface area contributed by atoms with E-state index in [-0.39, 0.29) is 5.91 Å². The van der Waals surface area contributed by atoms with Crippen molar-refractivity contribution in [1.29, 1.82) is 0 Å². The highest BCUT2D eigenvalue weighted by Crippen LogP contribution is 2.20. The van der Waals surface area contributed by atoms with Crippen molar-refractivity contribution >= 4 is 34.6 Å². The normalized spacial score (nSPS) is 14.2. The highest BCUT2D eigenvalue weighted by Gasteiger charge is 2.19. The summed E-state index contributed by atoms with van der Waals surface area (Å²) >= 11 is 1.58. The van der Waals surface area contributed by atoms with Gasteiger partial charge in [-0.25, -0.2) is 9.97 Å². The Bertz CT molecular complexity index is 876. The zero-order valence-corrected chi connectivity index (χ0v) is 15.7. The molecule has 27 heavy (non-hydrogen) atoms. The van der Waals surface area contributed by atoms with Crippen molar-refractivity contribution < 1.29 is 4.79 Å². The number of nitrogens with one attached hydrogen (secondary N) is 1. The van der Waals surface area contributed by atoms with Gasteiger partial charge in [0.15, 0.2) is 0 Å². The minimum atomic E-state index is -0.0593. The summed E-state index contributed by atoms with van der Waals surface area (Å²) in [4.78, 5) is 26.4. The van der Waals surface area contributed by atoms with Crippen LogP contribution in [0.15, 0.2) is 60.2 Å². The van der Waals surface area contributed by atoms with Gasteiger partial charge in [-0.3, -0.25) is 4.79 Å². The summed E-state index contributed by atoms with van der Waals surface area (Å²) in [6.07, 6.45) is 1.88. The second-order valence-electron chi connectivity index (χ2n) is 6.38. The standard InChI is InChI=1S/C20H21N5OS/c26-20(13-17-7-4-12-27-17)23-18-14-19(22-15-21-18)25-10-8-24(9-11-25)16-5-2-1-3-6-16/h1-7,12,14-15H,8-11,13H2,(H,21,22,23,26). The monoisotopic (exact) mass is 379 g/mol. The van der Waals surface area contributed by atoms with Crippen LogP contribution < -0.4 is 15.1 Å². The molecule has 1 fully saturated rings. The van der Waals surface area contributed by atoms with E-state index in [0.29, 0.717) is 12.2 Å². The maximum absolute atomic E-state index is 12.2. The van der Waals surface area contributed by atoms with E-state index in [2.05, 4.69) is 49.4 Å². The molecule has 6 nitrogen and oxygen atoms in total. The van der Waals surface area contributed by atoms with Gasteiger partial charge in [-0.15, -0.1) is 11.3 Å². The fourth-order valence-electron chi connectivity index (χ4n) is 3.18. The van der Waals surface area contributed by atoms with Gasteiger partial charge in [-0.05, 0) is 23.6 Å². The Labute approximate surface area is 162 Å². The van der Waals surface area contributed by atoms with Crippen LogP contribution in [0, 0.1) is 0 Å². The first-order valence-electron chi connectivity index (χ1n) is 8.97. The average Bonchev–Trinajstić information content (AvgIpc) is 3.22. The number of hydrogen-bond acceptors (Lipinski definition) is 6. The fourth-order valence-corrected chi connectivity index (χ4v) is 3.88. The lowest BCUT2D eigenvalue weighted by atomic mass is 10.2. The largest absolute Gasteiger partial charge is 0.368 e. The summed E-state index contributed by atoms with van der Waals surface area (Å²) in [7, 11) is 0. The molecule has 0 atom stereocenters. The van der Waals surface area contributed by atoms with Crippen LogP contribution in [0.5, 0.6) is 0 Å². The quantitative estimate of drug-likeness (QED) is 0.738. The van der Waals surface area contributed by atoms with Crippen molar-refractivity contribution in [2.75, 3.05) is 41.3 Å². The van der Waals surface area contributed by atoms with Crippen molar-refractivity contribution in [3.8, 4) is 0 Å². The van der Waals surface area contributed by atoms with Crippen LogP contribution in [0.25, 0.3) is 0 Å². The Morgan fingerprint density at radius 3 is 2.52 bits per heavy atom. The van der Waals surface area contributed by atoms with Crippen LogP contribution in [0.1, 0.15) is 4.88 Å². The number of thiophene rings is 1. The van der Waals surface area contributed by atoms with E-state index in [4.69, 9.17) is 0 Å². The van der Waals surface area contributed by atoms with Crippen LogP contribution >= 0.6 is 11.3 Å². The topological polar surface area (TPSA) is 61.4 Å². The number of carbonyl (C=O) groups is 1. The highest BCUT2D eigenvalue weighted by atomic mass is 32.1. The number of anilines is 3. The van der Waals surface area contributed by atoms with Crippen molar-refractivity contribution in [2.45, 2.75) is 6.42 Å². The minimum Gasteiger partial charge on any atom is -0.368 e. The summed E-state index contributed by atoms with van der Waals surface area (Å²) in [5.74, 6) is 1.34. The van der Waals surface area contributed by atoms with Gasteiger partial charge >= 0.3 is 0 Å². The molecule has 4 rings (SSSR count). The SMILES string of the molecule is O=C(Cc1cccs1)Nc1cc(N2CCN(c3ccccc3)CC2)ncn1. The van der Waals surface area contributed by atoms with E-state index in [9.17, 15) is 4.79 Å². The molecule has 0 unspecified atom stereocenters. The Morgan fingerprint density at radius 2 is 1.78 bits per heavy atom. The van der Waals surface area contributed by atoms with Crippen LogP contribution in [0.2, 0.25) is 0 Å². The third kappa shape index (κ3) is 4.43. The first-order chi connectivity index (χ1) is 13.3. The lowest BCUT2D eigenvalue weighted by Crippen LogP contribution is -2.46. The second kappa shape index (κ2) is 8.18. The number of carbonyl (C=O) groups excluding carboxylic acids is 1. The van der Waals surface area contributed by atoms with Crippen molar-refractivity contribution in [1.82, 2.24) is 9.97 Å². The number of piperazine rings is 1. The summed E-state index contributed by atoms with van der Waals surface area (Å²) in [5.41, 5.74) is 1.25. The number of rotatable bonds is 5. The van der Waals surface area contributed by atoms with Crippen LogP contribution in [0.4, 0.5) is 17.3 Å². The molecule has 1 amide bonds. The van der Waals surface area contributed by atoms with Gasteiger partial charge in [0.1, 0.15) is 18.0 Å². The zero-order valence-electron chi connectivity index (χ0n) is 14.9. The first-order valence-corrected chi connectivity index (χ1v) is 9.85. The summed E-state index contributed by atoms with van der Waals surface area (Å²) in [6.45, 7) is 3.64. The van der Waals surface area contributed by atoms with Gasteiger partial charge < -0.3 is 15.1 Å². The molecule has 3 aromatic rings. The van der Waals surface area contributed by atoms with Gasteiger partial charge in [0.05, 0.1) is 6.42 Å². The van der Waals surface area contributed by atoms with E-state index in [1.54, 1.807) is 11.3 Å². The molecule has 7 heteroatoms. The smallest absolute Gasteiger partial charge is 0.230 e. The predicted molar refractivity (Wildman–Crippen MR) is 110 cm³/mol. The summed E-state index contributed by atoms with van der Waals surface area (Å²) in [5, 5.41) is 4.85. The molecule has 0 bridgehead atoms. The number of aromatic nitrogens is 2. The van der Waals surface area contributed by atoms with Gasteiger partial charge in [-0.1, -0.05) is 24.3 Å². The molecule has 1 aliphatic heterocycles. The molecular formula is C20H21N5OS. The van der Waals surface area contributed by atoms with Gasteiger partial charge in [0.25, 0.3) is 0 Å². The van der Waals surface area contributed by atoms with E-state index in [1.165, 1.54) is 12.0 Å². The summed E-state index contributed by atoms with van der Waals surface area (Å²) < 4.78 is 0. The minimum absolute atomic E-state index is 0.0593. The van der Waals surface area contributed by atoms with Gasteiger partial charge in [0.2, 0.25) is 5.91 Å². The maximum Gasteiger partial charge on any atom is 0.230 e. The molecule has 3 heterocycles. The molecule has 0 spiro atoms. The molecule has 1 aliphatic rings. The lowest BCUT2D eigenvalue weighted by molar-refractivity contribution is -0.115. The third-order valence-corrected chi connectivity index (χ3v) is 5.44. The molecule has 2 aromatic heterocycles. The molecule has 1 N–H and O–H groups in total. The van der Waals surface area contributed by atoms with Crippen molar-refractivity contribution in [2.24, 2.45) is 0 Å². The highest BCUT2D eigenvalue weighted by molar-refractivity contribution is 7.10. The number of nitrogens with zero attached hydrogens (tertiary/aromatic N) is 4. The summed E-state index contributed by atoms with van der Waals surface area (Å²) in [6, 6.07) is 16.2. The van der Waals surface area contributed by atoms with E-state index in [0.717, 1.165) is 36.9 Å². The number of hydrogen-bond donors (Lipinski definition) is 1. The molecular weight excluding hydrogens is 358 g/mol. The first kappa shape index (κ1) is 17.5. The molecule has 0 saturated carbocycles. The Balaban J connectivity index is 1.36. The van der Waals surface area contributed by atoms with Gasteiger partial charge in [0, 0.05) is 42.8 Å². The van der Waals surface area contributed by atoms with E-state index < -0.39 is 0 Å². The van der Waals surface area contributed by atoms with Gasteiger partial charge in [-0.2, -0.15) is 0 Å². The maximum atomic E-state index is 12.2. The lowest BCUT2D eigenvalue weighted by Gasteiger charge is -2.36. The number of amides is 1. The van der Waals surface area contributed by atoms with E-state index in [1.807, 2.05) is 29.6 Å². The Kier molecular flexibility index (Phi) is 5.29. The molecule has 138 valence electrons. The second-order valence-corrected chi connectivity index (χ2v) is 7.41.